The highest BCUT2D eigenvalue weighted by Crippen LogP contribution is 2.36. The van der Waals surface area contributed by atoms with Crippen molar-refractivity contribution in [1.29, 1.82) is 0 Å². The standard InChI is InChI=1S/C13H20BN3O3/c1-12(2)13(3,4)20-14(19-12)9-5-15-11(16-6-9)17-7-10(18)8-17/h5-6,10,18H,7-8H2,1-4H3/i5D,6D,7D2,8D2,10D. The summed E-state index contributed by atoms with van der Waals surface area (Å²) in [5, 5.41) is 9.77. The van der Waals surface area contributed by atoms with Crippen LogP contribution in [-0.4, -0.2) is 52.5 Å². The zero-order chi connectivity index (χ0) is 20.8. The van der Waals surface area contributed by atoms with Gasteiger partial charge >= 0.3 is 7.12 Å². The minimum Gasteiger partial charge on any atom is -0.399 e. The van der Waals surface area contributed by atoms with E-state index in [1.165, 1.54) is 0 Å². The molecular formula is C13H20BN3O3. The second-order valence-electron chi connectivity index (χ2n) is 5.66. The Morgan fingerprint density at radius 1 is 1.35 bits per heavy atom. The molecule has 1 N–H and O–H groups in total. The highest BCUT2D eigenvalue weighted by Gasteiger charge is 2.52. The molecular weight excluding hydrogens is 257 g/mol. The molecule has 3 heterocycles. The number of β-amino-alcohol motifs (C(OH)–C–C–N with tert-alkyl or cyclic N) is 1. The summed E-state index contributed by atoms with van der Waals surface area (Å²) in [7, 11) is -1.08. The maximum atomic E-state index is 9.77. The number of rotatable bonds is 2. The smallest absolute Gasteiger partial charge is 0.399 e. The van der Waals surface area contributed by atoms with Crippen LogP contribution in [-0.2, 0) is 9.31 Å². The molecule has 0 aliphatic carbocycles. The van der Waals surface area contributed by atoms with Gasteiger partial charge in [0.15, 0.2) is 0 Å². The van der Waals surface area contributed by atoms with Crippen LogP contribution in [0, 0.1) is 0 Å². The Morgan fingerprint density at radius 3 is 2.35 bits per heavy atom. The van der Waals surface area contributed by atoms with Crippen LogP contribution in [0.1, 0.15) is 37.3 Å². The lowest BCUT2D eigenvalue weighted by Gasteiger charge is -2.35. The number of aromatic nitrogens is 2. The third-order valence-corrected chi connectivity index (χ3v) is 3.68. The molecule has 20 heavy (non-hydrogen) atoms. The molecule has 0 amide bonds. The van der Waals surface area contributed by atoms with Gasteiger partial charge in [0.1, 0.15) is 0 Å². The molecule has 108 valence electrons. The first-order valence-electron chi connectivity index (χ1n) is 9.71. The van der Waals surface area contributed by atoms with Crippen LogP contribution in [0.4, 0.5) is 5.95 Å². The van der Waals surface area contributed by atoms with Crippen molar-refractivity contribution in [2.75, 3.05) is 17.9 Å². The lowest BCUT2D eigenvalue weighted by Crippen LogP contribution is -2.51. The Hall–Kier alpha value is -1.18. The van der Waals surface area contributed by atoms with E-state index < -0.39 is 55.7 Å². The fourth-order valence-electron chi connectivity index (χ4n) is 1.75. The van der Waals surface area contributed by atoms with Crippen LogP contribution in [0.15, 0.2) is 12.3 Å². The van der Waals surface area contributed by atoms with E-state index in [2.05, 4.69) is 9.97 Å². The molecule has 2 aliphatic heterocycles. The summed E-state index contributed by atoms with van der Waals surface area (Å²) in [6, 6.07) is 0. The van der Waals surface area contributed by atoms with Gasteiger partial charge in [-0.25, -0.2) is 9.97 Å². The maximum absolute atomic E-state index is 9.77. The number of aliphatic hydroxyl groups is 1. The van der Waals surface area contributed by atoms with Gasteiger partial charge in [0.25, 0.3) is 0 Å². The first kappa shape index (κ1) is 7.73. The van der Waals surface area contributed by atoms with Gasteiger partial charge < -0.3 is 19.3 Å². The average Bonchev–Trinajstić information content (AvgIpc) is 2.64. The van der Waals surface area contributed by atoms with Gasteiger partial charge in [-0.2, -0.15) is 0 Å². The maximum Gasteiger partial charge on any atom is 0.498 e. The van der Waals surface area contributed by atoms with E-state index in [0.29, 0.717) is 4.90 Å². The second kappa shape index (κ2) is 4.41. The molecule has 0 radical (unpaired) electrons. The summed E-state index contributed by atoms with van der Waals surface area (Å²) >= 11 is 0. The van der Waals surface area contributed by atoms with Gasteiger partial charge in [0.2, 0.25) is 5.95 Å². The molecule has 0 bridgehead atoms. The van der Waals surface area contributed by atoms with Gasteiger partial charge in [0.05, 0.1) is 26.9 Å². The van der Waals surface area contributed by atoms with Crippen LogP contribution in [0.5, 0.6) is 0 Å². The quantitative estimate of drug-likeness (QED) is 0.768. The normalized spacial score (nSPS) is 36.5. The molecule has 0 atom stereocenters. The molecule has 0 saturated carbocycles. The van der Waals surface area contributed by atoms with E-state index in [4.69, 9.17) is 18.9 Å². The fourth-order valence-corrected chi connectivity index (χ4v) is 1.75. The molecule has 2 fully saturated rings. The molecule has 2 saturated heterocycles. The van der Waals surface area contributed by atoms with E-state index in [0.717, 1.165) is 0 Å². The summed E-state index contributed by atoms with van der Waals surface area (Å²) < 4.78 is 66.3. The summed E-state index contributed by atoms with van der Waals surface area (Å²) in [5.74, 6) is -0.614. The second-order valence-corrected chi connectivity index (χ2v) is 5.66. The van der Waals surface area contributed by atoms with E-state index >= 15 is 0 Å². The molecule has 0 aromatic carbocycles. The van der Waals surface area contributed by atoms with Crippen molar-refractivity contribution in [3.63, 3.8) is 0 Å². The predicted molar refractivity (Wildman–Crippen MR) is 76.0 cm³/mol. The van der Waals surface area contributed by atoms with Gasteiger partial charge in [-0.1, -0.05) is 0 Å². The topological polar surface area (TPSA) is 67.7 Å². The van der Waals surface area contributed by atoms with Gasteiger partial charge in [-0.15, -0.1) is 0 Å². The van der Waals surface area contributed by atoms with Crippen molar-refractivity contribution in [3.05, 3.63) is 12.3 Å². The SMILES string of the molecule is [2H]c1nc(N2C([2H])([2H])C([2H])(O)C2([2H])[2H])nc([2H])c1B1OC(C)(C)C(C)(C)O1. The minimum absolute atomic E-state index is 0.0693. The monoisotopic (exact) mass is 284 g/mol. The van der Waals surface area contributed by atoms with E-state index in [1.54, 1.807) is 27.7 Å². The van der Waals surface area contributed by atoms with Gasteiger partial charge in [-0.05, 0) is 27.7 Å². The van der Waals surface area contributed by atoms with Crippen molar-refractivity contribution in [1.82, 2.24) is 9.97 Å². The Labute approximate surface area is 129 Å². The minimum atomic E-state index is -3.06. The van der Waals surface area contributed by atoms with Crippen LogP contribution in [0.3, 0.4) is 0 Å². The Balaban J connectivity index is 2.01. The van der Waals surface area contributed by atoms with Crippen molar-refractivity contribution in [2.45, 2.75) is 45.0 Å². The molecule has 1 aromatic rings. The number of nitrogens with zero attached hydrogens (tertiary/aromatic N) is 3. The first-order valence-corrected chi connectivity index (χ1v) is 6.21. The zero-order valence-electron chi connectivity index (χ0n) is 18.7. The van der Waals surface area contributed by atoms with Crippen LogP contribution >= 0.6 is 0 Å². The third kappa shape index (κ3) is 2.19. The molecule has 0 spiro atoms. The molecule has 1 aromatic heterocycles. The van der Waals surface area contributed by atoms with E-state index in [-0.39, 0.29) is 5.46 Å². The van der Waals surface area contributed by atoms with Crippen LogP contribution in [0.25, 0.3) is 0 Å². The Kier molecular flexibility index (Phi) is 1.70. The summed E-state index contributed by atoms with van der Waals surface area (Å²) in [5.41, 5.74) is -1.51. The van der Waals surface area contributed by atoms with Crippen LogP contribution in [0.2, 0.25) is 0 Å². The van der Waals surface area contributed by atoms with Crippen molar-refractivity contribution in [3.8, 4) is 0 Å². The summed E-state index contributed by atoms with van der Waals surface area (Å²) in [4.78, 5) is 7.90. The lowest BCUT2D eigenvalue weighted by atomic mass is 9.81. The lowest BCUT2D eigenvalue weighted by molar-refractivity contribution is 0.00578. The third-order valence-electron chi connectivity index (χ3n) is 3.68. The number of hydrogen-bond acceptors (Lipinski definition) is 6. The zero-order valence-corrected chi connectivity index (χ0v) is 11.7. The van der Waals surface area contributed by atoms with Crippen LogP contribution < -0.4 is 10.4 Å². The van der Waals surface area contributed by atoms with Crippen molar-refractivity contribution < 1.29 is 24.0 Å². The molecule has 2 aliphatic rings. The van der Waals surface area contributed by atoms with Gasteiger partial charge in [-0.3, -0.25) is 0 Å². The fraction of sp³-hybridized carbons (Fsp3) is 0.692. The molecule has 6 nitrogen and oxygen atoms in total. The predicted octanol–water partition coefficient (Wildman–Crippen LogP) is -0.0433. The van der Waals surface area contributed by atoms with Crippen molar-refractivity contribution >= 4 is 18.5 Å². The molecule has 3 rings (SSSR count). The van der Waals surface area contributed by atoms with Crippen molar-refractivity contribution in [2.24, 2.45) is 0 Å². The first-order chi connectivity index (χ1) is 12.0. The van der Waals surface area contributed by atoms with E-state index in [9.17, 15) is 5.11 Å². The Morgan fingerprint density at radius 2 is 1.85 bits per heavy atom. The molecule has 0 unspecified atom stereocenters. The molecule has 7 heteroatoms. The number of hydrogen-bond donors (Lipinski definition) is 1. The highest BCUT2D eigenvalue weighted by molar-refractivity contribution is 6.61. The largest absolute Gasteiger partial charge is 0.498 e. The summed E-state index contributed by atoms with van der Waals surface area (Å²) in [6.07, 6.45) is -4.04. The average molecular weight is 284 g/mol. The highest BCUT2D eigenvalue weighted by atomic mass is 16.7. The number of anilines is 1. The van der Waals surface area contributed by atoms with E-state index in [1.807, 2.05) is 0 Å². The van der Waals surface area contributed by atoms with Gasteiger partial charge in [0, 0.05) is 30.8 Å². The Bertz CT molecular complexity index is 748. The summed E-state index contributed by atoms with van der Waals surface area (Å²) in [6.45, 7) is 1.51.